The molecule has 1 aliphatic heterocycles. The summed E-state index contributed by atoms with van der Waals surface area (Å²) < 4.78 is 5.84. The maximum Gasteiger partial charge on any atom is 0.119 e. The number of likely N-dealkylation sites (tertiary alicyclic amines) is 1. The molecule has 2 rings (SSSR count). The van der Waals surface area contributed by atoms with Crippen LogP contribution >= 0.6 is 12.4 Å². The topological polar surface area (TPSA) is 38.5 Å². The summed E-state index contributed by atoms with van der Waals surface area (Å²) in [4.78, 5) is 2.55. The third kappa shape index (κ3) is 5.31. The van der Waals surface area contributed by atoms with E-state index in [0.29, 0.717) is 6.04 Å². The van der Waals surface area contributed by atoms with E-state index in [2.05, 4.69) is 24.0 Å². The zero-order valence-electron chi connectivity index (χ0n) is 12.4. The maximum atomic E-state index is 5.84. The van der Waals surface area contributed by atoms with E-state index in [-0.39, 0.29) is 12.4 Å². The van der Waals surface area contributed by atoms with Crippen LogP contribution in [0.1, 0.15) is 31.2 Å². The van der Waals surface area contributed by atoms with Gasteiger partial charge >= 0.3 is 0 Å². The number of benzene rings is 1. The summed E-state index contributed by atoms with van der Waals surface area (Å²) in [7, 11) is 0. The predicted octanol–water partition coefficient (Wildman–Crippen LogP) is 3.00. The van der Waals surface area contributed by atoms with Crippen molar-refractivity contribution in [2.24, 2.45) is 5.73 Å². The van der Waals surface area contributed by atoms with E-state index in [1.54, 1.807) is 0 Å². The third-order valence-corrected chi connectivity index (χ3v) is 3.89. The second kappa shape index (κ2) is 9.22. The van der Waals surface area contributed by atoms with Crippen LogP contribution in [-0.4, -0.2) is 37.2 Å². The van der Waals surface area contributed by atoms with Gasteiger partial charge < -0.3 is 10.5 Å². The van der Waals surface area contributed by atoms with Gasteiger partial charge in [0, 0.05) is 12.6 Å². The van der Waals surface area contributed by atoms with Crippen LogP contribution in [0.4, 0.5) is 0 Å². The van der Waals surface area contributed by atoms with Crippen molar-refractivity contribution in [3.63, 3.8) is 0 Å². The molecule has 0 amide bonds. The van der Waals surface area contributed by atoms with Gasteiger partial charge in [-0.15, -0.1) is 12.4 Å². The molecule has 0 aromatic heterocycles. The monoisotopic (exact) mass is 298 g/mol. The van der Waals surface area contributed by atoms with Gasteiger partial charge in [-0.25, -0.2) is 0 Å². The Morgan fingerprint density at radius 2 is 2.20 bits per heavy atom. The minimum atomic E-state index is 0. The third-order valence-electron chi connectivity index (χ3n) is 3.89. The van der Waals surface area contributed by atoms with Crippen molar-refractivity contribution in [2.75, 3.05) is 26.2 Å². The summed E-state index contributed by atoms with van der Waals surface area (Å²) >= 11 is 0. The van der Waals surface area contributed by atoms with Crippen molar-refractivity contribution in [1.29, 1.82) is 0 Å². The van der Waals surface area contributed by atoms with Crippen molar-refractivity contribution in [2.45, 2.75) is 38.6 Å². The fourth-order valence-corrected chi connectivity index (χ4v) is 2.86. The van der Waals surface area contributed by atoms with Crippen LogP contribution in [0, 0.1) is 6.92 Å². The average molecular weight is 299 g/mol. The molecule has 4 heteroatoms. The van der Waals surface area contributed by atoms with E-state index in [1.165, 1.54) is 31.4 Å². The molecule has 1 atom stereocenters. The zero-order chi connectivity index (χ0) is 13.5. The van der Waals surface area contributed by atoms with Crippen LogP contribution in [0.25, 0.3) is 0 Å². The molecule has 0 radical (unpaired) electrons. The predicted molar refractivity (Wildman–Crippen MR) is 86.8 cm³/mol. The Morgan fingerprint density at radius 3 is 2.95 bits per heavy atom. The Morgan fingerprint density at radius 1 is 1.35 bits per heavy atom. The van der Waals surface area contributed by atoms with Gasteiger partial charge in [-0.2, -0.15) is 0 Å². The van der Waals surface area contributed by atoms with E-state index < -0.39 is 0 Å². The number of ether oxygens (including phenoxy) is 1. The summed E-state index contributed by atoms with van der Waals surface area (Å²) in [6.45, 7) is 5.86. The van der Waals surface area contributed by atoms with Gasteiger partial charge in [-0.1, -0.05) is 18.6 Å². The summed E-state index contributed by atoms with van der Waals surface area (Å²) in [6, 6.07) is 8.92. The average Bonchev–Trinajstić information content (AvgIpc) is 2.41. The van der Waals surface area contributed by atoms with E-state index in [0.717, 1.165) is 31.9 Å². The summed E-state index contributed by atoms with van der Waals surface area (Å²) in [5, 5.41) is 0. The van der Waals surface area contributed by atoms with Gasteiger partial charge in [-0.05, 0) is 57.0 Å². The van der Waals surface area contributed by atoms with Crippen molar-refractivity contribution in [1.82, 2.24) is 4.90 Å². The number of halogens is 1. The lowest BCUT2D eigenvalue weighted by Gasteiger charge is -2.35. The Labute approximate surface area is 128 Å². The van der Waals surface area contributed by atoms with Gasteiger partial charge in [0.1, 0.15) is 12.4 Å². The lowest BCUT2D eigenvalue weighted by Crippen LogP contribution is -2.42. The largest absolute Gasteiger partial charge is 0.492 e. The molecule has 0 bridgehead atoms. The lowest BCUT2D eigenvalue weighted by atomic mass is 9.99. The summed E-state index contributed by atoms with van der Waals surface area (Å²) in [6.07, 6.45) is 5.07. The quantitative estimate of drug-likeness (QED) is 0.877. The minimum absolute atomic E-state index is 0. The number of nitrogens with two attached hydrogens (primary N) is 1. The van der Waals surface area contributed by atoms with Gasteiger partial charge in [0.15, 0.2) is 0 Å². The Bertz CT molecular complexity index is 384. The lowest BCUT2D eigenvalue weighted by molar-refractivity contribution is 0.118. The molecule has 2 N–H and O–H groups in total. The molecule has 1 heterocycles. The van der Waals surface area contributed by atoms with Crippen molar-refractivity contribution in [3.8, 4) is 5.75 Å². The normalized spacial score (nSPS) is 19.4. The van der Waals surface area contributed by atoms with E-state index >= 15 is 0 Å². The molecule has 0 aliphatic carbocycles. The Hall–Kier alpha value is -0.770. The van der Waals surface area contributed by atoms with E-state index in [4.69, 9.17) is 10.5 Å². The van der Waals surface area contributed by atoms with Crippen molar-refractivity contribution in [3.05, 3.63) is 29.8 Å². The first kappa shape index (κ1) is 17.3. The second-order valence-electron chi connectivity index (χ2n) is 5.43. The summed E-state index contributed by atoms with van der Waals surface area (Å²) in [5.41, 5.74) is 6.95. The molecule has 20 heavy (non-hydrogen) atoms. The van der Waals surface area contributed by atoms with Crippen LogP contribution in [0.15, 0.2) is 24.3 Å². The number of piperidine rings is 1. The highest BCUT2D eigenvalue weighted by Gasteiger charge is 2.21. The molecule has 0 saturated carbocycles. The first-order chi connectivity index (χ1) is 9.29. The molecule has 1 aliphatic rings. The molecular weight excluding hydrogens is 272 g/mol. The smallest absolute Gasteiger partial charge is 0.119 e. The van der Waals surface area contributed by atoms with Crippen LogP contribution in [0.2, 0.25) is 0 Å². The highest BCUT2D eigenvalue weighted by Crippen LogP contribution is 2.19. The molecule has 1 unspecified atom stereocenters. The standard InChI is InChI=1S/C16H26N2O.ClH/c1-14-5-4-7-16(13-14)19-12-11-18-10-3-2-6-15(18)8-9-17;/h4-5,7,13,15H,2-3,6,8-12,17H2,1H3;1H. The van der Waals surface area contributed by atoms with E-state index in [1.807, 2.05) is 12.1 Å². The van der Waals surface area contributed by atoms with Crippen LogP contribution < -0.4 is 10.5 Å². The van der Waals surface area contributed by atoms with Gasteiger partial charge in [0.25, 0.3) is 0 Å². The van der Waals surface area contributed by atoms with Gasteiger partial charge in [-0.3, -0.25) is 4.90 Å². The number of nitrogens with zero attached hydrogens (tertiary/aromatic N) is 1. The molecule has 1 aromatic carbocycles. The maximum absolute atomic E-state index is 5.84. The molecule has 1 saturated heterocycles. The van der Waals surface area contributed by atoms with Crippen LogP contribution in [0.3, 0.4) is 0 Å². The minimum Gasteiger partial charge on any atom is -0.492 e. The first-order valence-electron chi connectivity index (χ1n) is 7.43. The number of rotatable bonds is 6. The SMILES string of the molecule is Cc1cccc(OCCN2CCCCC2CCN)c1.Cl. The fraction of sp³-hybridized carbons (Fsp3) is 0.625. The molecule has 114 valence electrons. The summed E-state index contributed by atoms with van der Waals surface area (Å²) in [5.74, 6) is 0.979. The van der Waals surface area contributed by atoms with Gasteiger partial charge in [0.05, 0.1) is 0 Å². The van der Waals surface area contributed by atoms with Crippen LogP contribution in [-0.2, 0) is 0 Å². The first-order valence-corrected chi connectivity index (χ1v) is 7.43. The molecule has 1 fully saturated rings. The second-order valence-corrected chi connectivity index (χ2v) is 5.43. The molecule has 1 aromatic rings. The number of hydrogen-bond donors (Lipinski definition) is 1. The highest BCUT2D eigenvalue weighted by molar-refractivity contribution is 5.85. The van der Waals surface area contributed by atoms with Gasteiger partial charge in [0.2, 0.25) is 0 Å². The highest BCUT2D eigenvalue weighted by atomic mass is 35.5. The van der Waals surface area contributed by atoms with Crippen LogP contribution in [0.5, 0.6) is 5.75 Å². The van der Waals surface area contributed by atoms with E-state index in [9.17, 15) is 0 Å². The molecular formula is C16H27ClN2O. The number of aryl methyl sites for hydroxylation is 1. The Balaban J connectivity index is 0.00000200. The fourth-order valence-electron chi connectivity index (χ4n) is 2.86. The Kier molecular flexibility index (Phi) is 7.97. The van der Waals surface area contributed by atoms with Crippen molar-refractivity contribution < 1.29 is 4.74 Å². The van der Waals surface area contributed by atoms with Crippen molar-refractivity contribution >= 4 is 12.4 Å². The zero-order valence-corrected chi connectivity index (χ0v) is 13.2. The number of hydrogen-bond acceptors (Lipinski definition) is 3. The molecule has 0 spiro atoms. The molecule has 3 nitrogen and oxygen atoms in total.